The van der Waals surface area contributed by atoms with Crippen molar-refractivity contribution < 1.29 is 0 Å². The Morgan fingerprint density at radius 1 is 0.857 bits per heavy atom. The molecular weight excluding hydrogens is 373 g/mol. The predicted molar refractivity (Wildman–Crippen MR) is 95.6 cm³/mol. The van der Waals surface area contributed by atoms with Gasteiger partial charge in [0.2, 0.25) is 0 Å². The highest BCUT2D eigenvalue weighted by molar-refractivity contribution is 14.1. The predicted octanol–water partition coefficient (Wildman–Crippen LogP) is 2.85. The van der Waals surface area contributed by atoms with Gasteiger partial charge in [-0.25, -0.2) is 3.11 Å². The largest absolute Gasteiger partial charge is 0.306 e. The van der Waals surface area contributed by atoms with E-state index in [1.54, 1.807) is 0 Å². The van der Waals surface area contributed by atoms with E-state index in [4.69, 9.17) is 0 Å². The van der Waals surface area contributed by atoms with Crippen LogP contribution in [0.25, 0.3) is 0 Å². The van der Waals surface area contributed by atoms with Crippen LogP contribution < -0.4 is 0 Å². The van der Waals surface area contributed by atoms with Crippen LogP contribution in [0.5, 0.6) is 0 Å². The van der Waals surface area contributed by atoms with Gasteiger partial charge < -0.3 is 9.80 Å². The Labute approximate surface area is 143 Å². The Bertz CT molecular complexity index is 356. The van der Waals surface area contributed by atoms with E-state index in [1.807, 2.05) is 0 Å². The summed E-state index contributed by atoms with van der Waals surface area (Å²) in [5, 5.41) is 0. The molecule has 4 heteroatoms. The number of halogens is 1. The molecule has 120 valence electrons. The maximum Gasteiger partial charge on any atom is 0.0201 e. The fourth-order valence-corrected chi connectivity index (χ4v) is 6.10. The molecule has 0 radical (unpaired) electrons. The molecule has 0 amide bonds. The molecule has 4 aliphatic rings. The summed E-state index contributed by atoms with van der Waals surface area (Å²) in [6, 6.07) is 0.927. The summed E-state index contributed by atoms with van der Waals surface area (Å²) in [4.78, 5) is 5.43. The van der Waals surface area contributed by atoms with E-state index in [2.05, 4.69) is 42.8 Å². The lowest BCUT2D eigenvalue weighted by Gasteiger charge is -2.47. The molecule has 3 nitrogen and oxygen atoms in total. The summed E-state index contributed by atoms with van der Waals surface area (Å²) in [5.41, 5.74) is 0.715. The van der Waals surface area contributed by atoms with Crippen LogP contribution in [-0.2, 0) is 0 Å². The van der Waals surface area contributed by atoms with Gasteiger partial charge >= 0.3 is 0 Å². The number of fused-ring (bicyclic) bond motifs is 1. The second kappa shape index (κ2) is 5.91. The van der Waals surface area contributed by atoms with Crippen molar-refractivity contribution in [3.8, 4) is 0 Å². The lowest BCUT2D eigenvalue weighted by Crippen LogP contribution is -2.47. The molecule has 0 bridgehead atoms. The molecular formula is C17H30IN3. The van der Waals surface area contributed by atoms with Crippen molar-refractivity contribution in [2.24, 2.45) is 17.3 Å². The number of likely N-dealkylation sites (tertiary alicyclic amines) is 2. The second-order valence-corrected chi connectivity index (χ2v) is 9.68. The molecule has 4 rings (SSSR count). The van der Waals surface area contributed by atoms with Gasteiger partial charge in [-0.15, -0.1) is 0 Å². The van der Waals surface area contributed by atoms with Gasteiger partial charge in [0, 0.05) is 55.1 Å². The minimum Gasteiger partial charge on any atom is -0.306 e. The zero-order chi connectivity index (χ0) is 14.4. The zero-order valence-electron chi connectivity index (χ0n) is 13.4. The fraction of sp³-hybridized carbons (Fsp3) is 1.00. The second-order valence-electron chi connectivity index (χ2n) is 8.31. The van der Waals surface area contributed by atoms with Crippen LogP contribution in [0.2, 0.25) is 0 Å². The van der Waals surface area contributed by atoms with Crippen LogP contribution in [0.15, 0.2) is 0 Å². The maximum atomic E-state index is 2.88. The molecule has 0 aromatic carbocycles. The average molecular weight is 403 g/mol. The van der Waals surface area contributed by atoms with Crippen molar-refractivity contribution >= 4 is 22.9 Å². The fourth-order valence-electron chi connectivity index (χ4n) is 5.62. The lowest BCUT2D eigenvalue weighted by molar-refractivity contribution is 0.0394. The molecule has 0 N–H and O–H groups in total. The first-order valence-corrected chi connectivity index (χ1v) is 9.93. The van der Waals surface area contributed by atoms with E-state index in [0.717, 1.165) is 17.9 Å². The minimum absolute atomic E-state index is 0.715. The van der Waals surface area contributed by atoms with Gasteiger partial charge in [-0.05, 0) is 75.9 Å². The van der Waals surface area contributed by atoms with E-state index < -0.39 is 0 Å². The van der Waals surface area contributed by atoms with Crippen LogP contribution in [-0.4, -0.2) is 65.3 Å². The van der Waals surface area contributed by atoms with Crippen LogP contribution in [0.3, 0.4) is 0 Å². The Morgan fingerprint density at radius 3 is 1.95 bits per heavy atom. The van der Waals surface area contributed by atoms with Crippen molar-refractivity contribution in [2.75, 3.05) is 46.3 Å². The highest BCUT2D eigenvalue weighted by atomic mass is 127. The Morgan fingerprint density at radius 2 is 1.38 bits per heavy atom. The molecule has 3 heterocycles. The third kappa shape index (κ3) is 3.02. The summed E-state index contributed by atoms with van der Waals surface area (Å²) in [6.07, 6.45) is 8.83. The Hall–Kier alpha value is 0.610. The number of piperidine rings is 2. The van der Waals surface area contributed by atoms with Gasteiger partial charge in [0.15, 0.2) is 0 Å². The number of hydrogen-bond donors (Lipinski definition) is 0. The number of hydrogen-bond acceptors (Lipinski definition) is 3. The third-order valence-corrected chi connectivity index (χ3v) is 8.02. The van der Waals surface area contributed by atoms with Crippen molar-refractivity contribution in [3.63, 3.8) is 0 Å². The van der Waals surface area contributed by atoms with Gasteiger partial charge in [0.25, 0.3) is 0 Å². The number of rotatable bonds is 1. The quantitative estimate of drug-likeness (QED) is 0.493. The van der Waals surface area contributed by atoms with Crippen LogP contribution in [0.1, 0.15) is 38.5 Å². The third-order valence-electron chi connectivity index (χ3n) is 7.05. The average Bonchev–Trinajstić information content (AvgIpc) is 3.00. The molecule has 2 unspecified atom stereocenters. The molecule has 3 aliphatic heterocycles. The summed E-state index contributed by atoms with van der Waals surface area (Å²) < 4.78 is 2.49. The van der Waals surface area contributed by atoms with E-state index >= 15 is 0 Å². The van der Waals surface area contributed by atoms with E-state index in [-0.39, 0.29) is 0 Å². The van der Waals surface area contributed by atoms with Crippen LogP contribution >= 0.6 is 22.9 Å². The van der Waals surface area contributed by atoms with Crippen LogP contribution in [0, 0.1) is 17.3 Å². The monoisotopic (exact) mass is 403 g/mol. The molecule has 0 aromatic rings. The molecule has 1 spiro atoms. The minimum atomic E-state index is 0.715. The highest BCUT2D eigenvalue weighted by Gasteiger charge is 2.44. The molecule has 21 heavy (non-hydrogen) atoms. The van der Waals surface area contributed by atoms with E-state index in [0.29, 0.717) is 5.41 Å². The van der Waals surface area contributed by atoms with Crippen molar-refractivity contribution in [1.29, 1.82) is 0 Å². The summed E-state index contributed by atoms with van der Waals surface area (Å²) in [6.45, 7) is 8.15. The lowest BCUT2D eigenvalue weighted by atomic mass is 9.71. The van der Waals surface area contributed by atoms with Crippen molar-refractivity contribution in [2.45, 2.75) is 44.6 Å². The van der Waals surface area contributed by atoms with E-state index in [1.165, 1.54) is 77.8 Å². The highest BCUT2D eigenvalue weighted by Crippen LogP contribution is 2.45. The van der Waals surface area contributed by atoms with Crippen LogP contribution in [0.4, 0.5) is 0 Å². The first kappa shape index (κ1) is 15.2. The van der Waals surface area contributed by atoms with Gasteiger partial charge in [-0.1, -0.05) is 0 Å². The number of nitrogens with zero attached hydrogens (tertiary/aromatic N) is 3. The molecule has 2 atom stereocenters. The first-order chi connectivity index (χ1) is 10.1. The van der Waals surface area contributed by atoms with Crippen molar-refractivity contribution in [3.05, 3.63) is 0 Å². The van der Waals surface area contributed by atoms with Gasteiger partial charge in [0.1, 0.15) is 0 Å². The zero-order valence-corrected chi connectivity index (χ0v) is 15.6. The molecule has 4 fully saturated rings. The Balaban J connectivity index is 1.30. The smallest absolute Gasteiger partial charge is 0.0201 e. The van der Waals surface area contributed by atoms with Crippen molar-refractivity contribution in [1.82, 2.24) is 12.9 Å². The molecule has 1 saturated carbocycles. The SMILES string of the molecule is CN1CC2CC(N3CCC4(CCN(I)CC4)CC3)CC2C1. The standard InChI is InChI=1S/C17H30IN3/c1-19-12-14-10-16(11-15(14)13-19)20-6-2-17(3-7-20)4-8-21(18)9-5-17/h14-16H,2-13H2,1H3. The summed E-state index contributed by atoms with van der Waals surface area (Å²) in [5.74, 6) is 2.02. The Kier molecular flexibility index (Phi) is 4.27. The summed E-state index contributed by atoms with van der Waals surface area (Å²) in [7, 11) is 2.30. The summed E-state index contributed by atoms with van der Waals surface area (Å²) >= 11 is 2.51. The van der Waals surface area contributed by atoms with Gasteiger partial charge in [-0.2, -0.15) is 0 Å². The molecule has 0 aromatic heterocycles. The maximum absolute atomic E-state index is 2.88. The topological polar surface area (TPSA) is 9.72 Å². The van der Waals surface area contributed by atoms with Gasteiger partial charge in [-0.3, -0.25) is 0 Å². The van der Waals surface area contributed by atoms with E-state index in [9.17, 15) is 0 Å². The van der Waals surface area contributed by atoms with Gasteiger partial charge in [0.05, 0.1) is 0 Å². The normalized spacial score (nSPS) is 41.7. The molecule has 3 saturated heterocycles. The molecule has 1 aliphatic carbocycles. The first-order valence-electron chi connectivity index (χ1n) is 8.97.